The number of nitrogens with zero attached hydrogens (tertiary/aromatic N) is 1. The van der Waals surface area contributed by atoms with E-state index in [9.17, 15) is 27.5 Å². The second-order valence-corrected chi connectivity index (χ2v) is 4.81. The minimum atomic E-state index is -4.98. The van der Waals surface area contributed by atoms with Gasteiger partial charge in [0.1, 0.15) is 17.3 Å². The number of amides is 1. The number of halogens is 4. The van der Waals surface area contributed by atoms with Gasteiger partial charge >= 0.3 is 6.36 Å². The summed E-state index contributed by atoms with van der Waals surface area (Å²) in [4.78, 5) is 11.8. The van der Waals surface area contributed by atoms with Gasteiger partial charge in [-0.15, -0.1) is 19.6 Å². The van der Waals surface area contributed by atoms with Crippen LogP contribution in [0, 0.1) is 18.2 Å². The first-order valence-electron chi connectivity index (χ1n) is 6.88. The second-order valence-electron chi connectivity index (χ2n) is 4.81. The third-order valence-electron chi connectivity index (χ3n) is 2.98. The summed E-state index contributed by atoms with van der Waals surface area (Å²) >= 11 is 0. The minimum Gasteiger partial charge on any atom is -0.507 e. The van der Waals surface area contributed by atoms with Gasteiger partial charge in [-0.3, -0.25) is 4.79 Å². The monoisotopic (exact) mass is 366 g/mol. The number of terminal acetylenes is 1. The molecule has 0 fully saturated rings. The van der Waals surface area contributed by atoms with Crippen LogP contribution in [0.4, 0.5) is 17.6 Å². The fourth-order valence-electron chi connectivity index (χ4n) is 1.85. The first kappa shape index (κ1) is 18.8. The molecule has 2 aromatic rings. The van der Waals surface area contributed by atoms with Crippen molar-refractivity contribution in [3.63, 3.8) is 0 Å². The predicted octanol–water partition coefficient (Wildman–Crippen LogP) is 3.18. The van der Waals surface area contributed by atoms with Crippen molar-refractivity contribution in [2.75, 3.05) is 0 Å². The van der Waals surface area contributed by atoms with Crippen LogP contribution in [-0.2, 0) is 0 Å². The first-order valence-corrected chi connectivity index (χ1v) is 6.88. The molecule has 0 atom stereocenters. The Balaban J connectivity index is 2.10. The van der Waals surface area contributed by atoms with Crippen LogP contribution >= 0.6 is 0 Å². The summed E-state index contributed by atoms with van der Waals surface area (Å²) in [6, 6.07) is 6.28. The summed E-state index contributed by atoms with van der Waals surface area (Å²) in [6.07, 6.45) is 1.32. The second kappa shape index (κ2) is 7.57. The van der Waals surface area contributed by atoms with Crippen LogP contribution in [0.15, 0.2) is 41.5 Å². The van der Waals surface area contributed by atoms with Gasteiger partial charge in [-0.1, -0.05) is 5.92 Å². The number of carbonyl (C=O) groups excluding carboxylic acids is 1. The first-order chi connectivity index (χ1) is 12.2. The normalized spacial score (nSPS) is 11.2. The summed E-state index contributed by atoms with van der Waals surface area (Å²) < 4.78 is 53.5. The molecule has 0 saturated heterocycles. The van der Waals surface area contributed by atoms with Gasteiger partial charge in [0.25, 0.3) is 5.91 Å². The zero-order chi connectivity index (χ0) is 19.3. The van der Waals surface area contributed by atoms with Crippen molar-refractivity contribution in [2.45, 2.75) is 6.36 Å². The molecule has 2 N–H and O–H groups in total. The van der Waals surface area contributed by atoms with Gasteiger partial charge in [-0.05, 0) is 30.3 Å². The smallest absolute Gasteiger partial charge is 0.507 e. The standard InChI is InChI=1S/C17H10F4N2O3/c1-2-10-3-6-15(24)11(7-10)9-22-23-16(25)13-5-4-12(8-14(13)18)26-17(19,20)21/h1,3-9,24H,(H,23,25). The molecule has 1 amide bonds. The molecule has 0 aliphatic carbocycles. The van der Waals surface area contributed by atoms with Gasteiger partial charge in [-0.2, -0.15) is 5.10 Å². The number of carbonyl (C=O) groups is 1. The van der Waals surface area contributed by atoms with E-state index < -0.39 is 29.4 Å². The molecule has 0 spiro atoms. The molecule has 2 aromatic carbocycles. The molecular weight excluding hydrogens is 356 g/mol. The van der Waals surface area contributed by atoms with Crippen LogP contribution in [0.25, 0.3) is 0 Å². The van der Waals surface area contributed by atoms with Crippen LogP contribution < -0.4 is 10.2 Å². The largest absolute Gasteiger partial charge is 0.573 e. The molecule has 2 rings (SSSR count). The zero-order valence-electron chi connectivity index (χ0n) is 12.8. The van der Waals surface area contributed by atoms with Gasteiger partial charge in [0.05, 0.1) is 11.8 Å². The molecule has 26 heavy (non-hydrogen) atoms. The number of hydrogen-bond donors (Lipinski definition) is 2. The van der Waals surface area contributed by atoms with Crippen molar-refractivity contribution in [1.29, 1.82) is 0 Å². The van der Waals surface area contributed by atoms with Gasteiger partial charge in [0, 0.05) is 17.2 Å². The number of ether oxygens (including phenoxy) is 1. The zero-order valence-corrected chi connectivity index (χ0v) is 12.8. The third-order valence-corrected chi connectivity index (χ3v) is 2.98. The summed E-state index contributed by atoms with van der Waals surface area (Å²) in [5.74, 6) is -0.839. The van der Waals surface area contributed by atoms with E-state index >= 15 is 0 Å². The lowest BCUT2D eigenvalue weighted by Crippen LogP contribution is -2.20. The van der Waals surface area contributed by atoms with Gasteiger partial charge < -0.3 is 9.84 Å². The van der Waals surface area contributed by atoms with Gasteiger partial charge in [0.2, 0.25) is 0 Å². The summed E-state index contributed by atoms with van der Waals surface area (Å²) in [7, 11) is 0. The number of benzene rings is 2. The van der Waals surface area contributed by atoms with E-state index in [0.717, 1.165) is 18.3 Å². The average molecular weight is 366 g/mol. The van der Waals surface area contributed by atoms with Crippen LogP contribution in [0.3, 0.4) is 0 Å². The molecule has 0 radical (unpaired) electrons. The van der Waals surface area contributed by atoms with E-state index in [1.165, 1.54) is 18.2 Å². The Hall–Kier alpha value is -3.54. The number of phenolic OH excluding ortho intramolecular Hbond substituents is 1. The molecule has 9 heteroatoms. The van der Waals surface area contributed by atoms with Crippen molar-refractivity contribution in [2.24, 2.45) is 5.10 Å². The maximum atomic E-state index is 13.8. The van der Waals surface area contributed by atoms with Gasteiger partial charge in [0.15, 0.2) is 0 Å². The van der Waals surface area contributed by atoms with Crippen LogP contribution in [0.1, 0.15) is 21.5 Å². The SMILES string of the molecule is C#Cc1ccc(O)c(C=NNC(=O)c2ccc(OC(F)(F)F)cc2F)c1. The highest BCUT2D eigenvalue weighted by molar-refractivity contribution is 5.95. The molecule has 0 bridgehead atoms. The maximum Gasteiger partial charge on any atom is 0.573 e. The van der Waals surface area contributed by atoms with Gasteiger partial charge in [-0.25, -0.2) is 9.82 Å². The molecule has 0 heterocycles. The average Bonchev–Trinajstić information content (AvgIpc) is 2.55. The number of hydrogen-bond acceptors (Lipinski definition) is 4. The number of rotatable bonds is 4. The van der Waals surface area contributed by atoms with Crippen LogP contribution in [-0.4, -0.2) is 23.6 Å². The third kappa shape index (κ3) is 4.98. The van der Waals surface area contributed by atoms with Crippen molar-refractivity contribution >= 4 is 12.1 Å². The molecular formula is C17H10F4N2O3. The lowest BCUT2D eigenvalue weighted by Gasteiger charge is -2.09. The van der Waals surface area contributed by atoms with Crippen LogP contribution in [0.2, 0.25) is 0 Å². The Bertz CT molecular complexity index is 902. The summed E-state index contributed by atoms with van der Waals surface area (Å²) in [6.45, 7) is 0. The molecule has 0 aliphatic heterocycles. The lowest BCUT2D eigenvalue weighted by atomic mass is 10.1. The lowest BCUT2D eigenvalue weighted by molar-refractivity contribution is -0.274. The Morgan fingerprint density at radius 3 is 2.62 bits per heavy atom. The van der Waals surface area contributed by atoms with E-state index in [1.54, 1.807) is 0 Å². The molecule has 0 unspecified atom stereocenters. The van der Waals surface area contributed by atoms with Crippen molar-refractivity contribution in [1.82, 2.24) is 5.43 Å². The van der Waals surface area contributed by atoms with E-state index in [4.69, 9.17) is 6.42 Å². The number of hydrazone groups is 1. The van der Waals surface area contributed by atoms with Crippen molar-refractivity contribution in [3.8, 4) is 23.8 Å². The molecule has 134 valence electrons. The van der Waals surface area contributed by atoms with Crippen molar-refractivity contribution < 1.29 is 32.2 Å². The number of alkyl halides is 3. The topological polar surface area (TPSA) is 70.9 Å². The molecule has 0 aromatic heterocycles. The van der Waals surface area contributed by atoms with E-state index in [-0.39, 0.29) is 11.3 Å². The number of nitrogens with one attached hydrogen (secondary N) is 1. The fraction of sp³-hybridized carbons (Fsp3) is 0.0588. The molecule has 5 nitrogen and oxygen atoms in total. The Labute approximate surface area is 144 Å². The number of aromatic hydroxyl groups is 1. The van der Waals surface area contributed by atoms with E-state index in [1.807, 2.05) is 5.43 Å². The Kier molecular flexibility index (Phi) is 5.47. The van der Waals surface area contributed by atoms with E-state index in [2.05, 4.69) is 15.8 Å². The molecule has 0 aliphatic rings. The maximum absolute atomic E-state index is 13.8. The highest BCUT2D eigenvalue weighted by Gasteiger charge is 2.31. The summed E-state index contributed by atoms with van der Waals surface area (Å²) in [5, 5.41) is 13.2. The minimum absolute atomic E-state index is 0.151. The highest BCUT2D eigenvalue weighted by Crippen LogP contribution is 2.24. The van der Waals surface area contributed by atoms with E-state index in [0.29, 0.717) is 11.6 Å². The van der Waals surface area contributed by atoms with Crippen LogP contribution in [0.5, 0.6) is 11.5 Å². The quantitative estimate of drug-likeness (QED) is 0.378. The van der Waals surface area contributed by atoms with Crippen molar-refractivity contribution in [3.05, 3.63) is 58.9 Å². The predicted molar refractivity (Wildman–Crippen MR) is 84.2 cm³/mol. The Morgan fingerprint density at radius 1 is 1.27 bits per heavy atom. The Morgan fingerprint density at radius 2 is 2.00 bits per heavy atom. The fourth-order valence-corrected chi connectivity index (χ4v) is 1.85. The molecule has 0 saturated carbocycles. The number of phenols is 1. The summed E-state index contributed by atoms with van der Waals surface area (Å²) in [5.41, 5.74) is 2.11. The highest BCUT2D eigenvalue weighted by atomic mass is 19.4.